The fraction of sp³-hybridized carbons (Fsp3) is 0. The van der Waals surface area contributed by atoms with Gasteiger partial charge in [0.15, 0.2) is 0 Å². The van der Waals surface area contributed by atoms with Gasteiger partial charge in [-0.3, -0.25) is 0 Å². The van der Waals surface area contributed by atoms with Crippen molar-refractivity contribution in [1.29, 1.82) is 0 Å². The predicted octanol–water partition coefficient (Wildman–Crippen LogP) is 5.55. The average molecular weight is 305 g/mol. The lowest BCUT2D eigenvalue weighted by atomic mass is 10.0. The highest BCUT2D eigenvalue weighted by Gasteiger charge is 2.10. The topological polar surface area (TPSA) is 28.7 Å². The Morgan fingerprint density at radius 1 is 0.727 bits per heavy atom. The number of rotatable bonds is 2. The Morgan fingerprint density at radius 3 is 2.27 bits per heavy atom. The lowest BCUT2D eigenvalue weighted by Crippen LogP contribution is -1.80. The smallest absolute Gasteiger partial charge is 0.138 e. The number of nitrogens with one attached hydrogen (secondary N) is 1. The number of benzene rings is 3. The highest BCUT2D eigenvalue weighted by atomic mass is 35.5. The maximum absolute atomic E-state index is 5.95. The van der Waals surface area contributed by atoms with Crippen molar-refractivity contribution in [1.82, 2.24) is 9.97 Å². The molecule has 4 rings (SSSR count). The van der Waals surface area contributed by atoms with Crippen LogP contribution in [-0.2, 0) is 0 Å². The third kappa shape index (κ3) is 2.28. The molecule has 0 amide bonds. The molecule has 0 aliphatic carbocycles. The molecule has 4 aromatic rings. The molecule has 22 heavy (non-hydrogen) atoms. The summed E-state index contributed by atoms with van der Waals surface area (Å²) in [5.41, 5.74) is 5.35. The molecule has 2 nitrogen and oxygen atoms in total. The summed E-state index contributed by atoms with van der Waals surface area (Å²) in [6, 6.07) is 24.2. The minimum absolute atomic E-state index is 0.727. The maximum Gasteiger partial charge on any atom is 0.138 e. The Labute approximate surface area is 133 Å². The van der Waals surface area contributed by atoms with Gasteiger partial charge in [0.1, 0.15) is 5.82 Å². The van der Waals surface area contributed by atoms with E-state index in [0.717, 1.165) is 33.0 Å². The number of para-hydroxylation sites is 1. The average Bonchev–Trinajstić information content (AvgIpc) is 3.00. The summed E-state index contributed by atoms with van der Waals surface area (Å²) in [7, 11) is 0. The number of H-pyrrole nitrogens is 1. The molecule has 1 heterocycles. The van der Waals surface area contributed by atoms with E-state index in [2.05, 4.69) is 29.2 Å². The number of hydrogen-bond donors (Lipinski definition) is 1. The van der Waals surface area contributed by atoms with E-state index >= 15 is 0 Å². The number of aromatic nitrogens is 2. The molecule has 3 aromatic carbocycles. The van der Waals surface area contributed by atoms with Crippen LogP contribution in [0.15, 0.2) is 72.8 Å². The molecule has 1 aromatic heterocycles. The Bertz CT molecular complexity index is 925. The first kappa shape index (κ1) is 13.1. The zero-order chi connectivity index (χ0) is 14.9. The van der Waals surface area contributed by atoms with Crippen molar-refractivity contribution in [2.24, 2.45) is 0 Å². The Morgan fingerprint density at radius 2 is 1.50 bits per heavy atom. The van der Waals surface area contributed by atoms with E-state index in [1.54, 1.807) is 0 Å². The van der Waals surface area contributed by atoms with Gasteiger partial charge in [-0.15, -0.1) is 0 Å². The van der Waals surface area contributed by atoms with Crippen LogP contribution < -0.4 is 0 Å². The fourth-order valence-corrected chi connectivity index (χ4v) is 2.75. The van der Waals surface area contributed by atoms with Gasteiger partial charge >= 0.3 is 0 Å². The van der Waals surface area contributed by atoms with Gasteiger partial charge in [-0.2, -0.15) is 0 Å². The van der Waals surface area contributed by atoms with Gasteiger partial charge < -0.3 is 4.98 Å². The van der Waals surface area contributed by atoms with Crippen LogP contribution in [0.5, 0.6) is 0 Å². The summed E-state index contributed by atoms with van der Waals surface area (Å²) in [4.78, 5) is 8.18. The van der Waals surface area contributed by atoms with Crippen LogP contribution in [0.4, 0.5) is 0 Å². The highest BCUT2D eigenvalue weighted by Crippen LogP contribution is 2.29. The maximum atomic E-state index is 5.95. The molecule has 0 radical (unpaired) electrons. The van der Waals surface area contributed by atoms with Crippen LogP contribution in [-0.4, -0.2) is 9.97 Å². The Hall–Kier alpha value is -2.58. The number of hydrogen-bond acceptors (Lipinski definition) is 1. The molecule has 1 N–H and O–H groups in total. The summed E-state index contributed by atoms with van der Waals surface area (Å²) in [6.07, 6.45) is 0. The van der Waals surface area contributed by atoms with Gasteiger partial charge in [-0.25, -0.2) is 4.98 Å². The van der Waals surface area contributed by atoms with E-state index in [9.17, 15) is 0 Å². The van der Waals surface area contributed by atoms with Crippen molar-refractivity contribution in [3.05, 3.63) is 77.8 Å². The number of imidazole rings is 1. The normalized spacial score (nSPS) is 11.0. The van der Waals surface area contributed by atoms with E-state index in [-0.39, 0.29) is 0 Å². The lowest BCUT2D eigenvalue weighted by Gasteiger charge is -2.01. The molecule has 0 spiro atoms. The van der Waals surface area contributed by atoms with Gasteiger partial charge in [-0.05, 0) is 35.9 Å². The van der Waals surface area contributed by atoms with Crippen molar-refractivity contribution >= 4 is 22.6 Å². The minimum atomic E-state index is 0.727. The summed E-state index contributed by atoms with van der Waals surface area (Å²) in [5, 5.41) is 0.727. The van der Waals surface area contributed by atoms with Crippen molar-refractivity contribution in [2.75, 3.05) is 0 Å². The zero-order valence-corrected chi connectivity index (χ0v) is 12.5. The second-order valence-electron chi connectivity index (χ2n) is 5.16. The van der Waals surface area contributed by atoms with E-state index in [0.29, 0.717) is 0 Å². The molecule has 0 bridgehead atoms. The Kier molecular flexibility index (Phi) is 3.17. The molecule has 0 aliphatic rings. The molecule has 0 saturated carbocycles. The molecule has 106 valence electrons. The summed E-state index contributed by atoms with van der Waals surface area (Å²) in [6.45, 7) is 0. The second kappa shape index (κ2) is 5.32. The van der Waals surface area contributed by atoms with E-state index < -0.39 is 0 Å². The summed E-state index contributed by atoms with van der Waals surface area (Å²) < 4.78 is 0. The molecule has 0 aliphatic heterocycles. The SMILES string of the molecule is Clc1ccc(-c2nc3c(-c4ccccc4)cccc3[nH]2)cc1. The standard InChI is InChI=1S/C19H13ClN2/c20-15-11-9-14(10-12-15)19-21-17-8-4-7-16(18(17)22-19)13-5-2-1-3-6-13/h1-12H,(H,21,22). The lowest BCUT2D eigenvalue weighted by molar-refractivity contribution is 1.34. The van der Waals surface area contributed by atoms with E-state index in [1.165, 1.54) is 5.56 Å². The first-order chi connectivity index (χ1) is 10.8. The number of halogens is 1. The molecule has 0 atom stereocenters. The highest BCUT2D eigenvalue weighted by molar-refractivity contribution is 6.30. The van der Waals surface area contributed by atoms with Crippen molar-refractivity contribution < 1.29 is 0 Å². The van der Waals surface area contributed by atoms with Gasteiger partial charge in [0.05, 0.1) is 11.0 Å². The monoisotopic (exact) mass is 304 g/mol. The number of fused-ring (bicyclic) bond motifs is 1. The van der Waals surface area contributed by atoms with Gasteiger partial charge in [-0.1, -0.05) is 54.1 Å². The summed E-state index contributed by atoms with van der Waals surface area (Å²) >= 11 is 5.95. The first-order valence-electron chi connectivity index (χ1n) is 7.11. The first-order valence-corrected chi connectivity index (χ1v) is 7.49. The van der Waals surface area contributed by atoms with Crippen LogP contribution in [0.25, 0.3) is 33.5 Å². The molecule has 0 fully saturated rings. The van der Waals surface area contributed by atoms with E-state index in [4.69, 9.17) is 16.6 Å². The molecular weight excluding hydrogens is 292 g/mol. The zero-order valence-electron chi connectivity index (χ0n) is 11.8. The van der Waals surface area contributed by atoms with Gasteiger partial charge in [0.25, 0.3) is 0 Å². The fourth-order valence-electron chi connectivity index (χ4n) is 2.63. The largest absolute Gasteiger partial charge is 0.338 e. The van der Waals surface area contributed by atoms with Crippen LogP contribution >= 0.6 is 11.6 Å². The molecule has 0 unspecified atom stereocenters. The minimum Gasteiger partial charge on any atom is -0.338 e. The van der Waals surface area contributed by atoms with Crippen molar-refractivity contribution in [3.63, 3.8) is 0 Å². The van der Waals surface area contributed by atoms with Gasteiger partial charge in [0, 0.05) is 16.1 Å². The van der Waals surface area contributed by atoms with Crippen molar-refractivity contribution in [3.8, 4) is 22.5 Å². The van der Waals surface area contributed by atoms with E-state index in [1.807, 2.05) is 48.5 Å². The van der Waals surface area contributed by atoms with Crippen LogP contribution in [0, 0.1) is 0 Å². The summed E-state index contributed by atoms with van der Waals surface area (Å²) in [5.74, 6) is 0.857. The number of aromatic amines is 1. The molecule has 0 saturated heterocycles. The predicted molar refractivity (Wildman–Crippen MR) is 92.0 cm³/mol. The van der Waals surface area contributed by atoms with Gasteiger partial charge in [0.2, 0.25) is 0 Å². The van der Waals surface area contributed by atoms with Crippen LogP contribution in [0.1, 0.15) is 0 Å². The Balaban J connectivity index is 1.89. The second-order valence-corrected chi connectivity index (χ2v) is 5.60. The van der Waals surface area contributed by atoms with Crippen LogP contribution in [0.3, 0.4) is 0 Å². The molecule has 3 heteroatoms. The quantitative estimate of drug-likeness (QED) is 0.516. The van der Waals surface area contributed by atoms with Crippen molar-refractivity contribution in [2.45, 2.75) is 0 Å². The third-order valence-corrected chi connectivity index (χ3v) is 3.97. The molecular formula is C19H13ClN2. The third-order valence-electron chi connectivity index (χ3n) is 3.72. The van der Waals surface area contributed by atoms with Crippen LogP contribution in [0.2, 0.25) is 5.02 Å². The number of nitrogens with zero attached hydrogens (tertiary/aromatic N) is 1.